The van der Waals surface area contributed by atoms with E-state index in [9.17, 15) is 4.79 Å². The molecule has 0 heterocycles. The number of ether oxygens (including phenoxy) is 1. The third-order valence-electron chi connectivity index (χ3n) is 1.84. The molecule has 0 unspecified atom stereocenters. The lowest BCUT2D eigenvalue weighted by atomic mass is 10.1. The number of rotatable bonds is 5. The summed E-state index contributed by atoms with van der Waals surface area (Å²) in [5, 5.41) is 8.54. The highest BCUT2D eigenvalue weighted by atomic mass is 16.5. The highest BCUT2D eigenvalue weighted by Crippen LogP contribution is 2.08. The van der Waals surface area contributed by atoms with Crippen LogP contribution >= 0.6 is 0 Å². The fourth-order valence-corrected chi connectivity index (χ4v) is 0.963. The molecule has 0 amide bonds. The third kappa shape index (κ3) is 4.94. The van der Waals surface area contributed by atoms with Crippen molar-refractivity contribution in [3.05, 3.63) is 34.9 Å². The summed E-state index contributed by atoms with van der Waals surface area (Å²) in [7, 11) is 1.57. The van der Waals surface area contributed by atoms with Crippen molar-refractivity contribution >= 4 is 6.29 Å². The van der Waals surface area contributed by atoms with Crippen LogP contribution in [0.4, 0.5) is 0 Å². The minimum Gasteiger partial charge on any atom is -0.380 e. The number of hydrogen-bond acceptors (Lipinski definition) is 3. The van der Waals surface area contributed by atoms with Gasteiger partial charge in [-0.05, 0) is 25.5 Å². The van der Waals surface area contributed by atoms with Crippen molar-refractivity contribution in [1.29, 1.82) is 5.26 Å². The minimum absolute atomic E-state index is 0.389. The van der Waals surface area contributed by atoms with Gasteiger partial charge in [0.15, 0.2) is 0 Å². The van der Waals surface area contributed by atoms with E-state index in [1.54, 1.807) is 26.2 Å². The quantitative estimate of drug-likeness (QED) is 0.299. The first-order valence-electron chi connectivity index (χ1n) is 4.58. The molecule has 0 saturated heterocycles. The summed E-state index contributed by atoms with van der Waals surface area (Å²) in [5.74, 6) is 0. The third-order valence-corrected chi connectivity index (χ3v) is 1.84. The molecular formula is C12H15NO2. The van der Waals surface area contributed by atoms with Gasteiger partial charge in [-0.1, -0.05) is 12.2 Å². The Hall–Kier alpha value is -1.66. The van der Waals surface area contributed by atoms with Crippen molar-refractivity contribution in [3.63, 3.8) is 0 Å². The van der Waals surface area contributed by atoms with Crippen LogP contribution in [0.3, 0.4) is 0 Å². The summed E-state index contributed by atoms with van der Waals surface area (Å²) in [6.45, 7) is 3.91. The van der Waals surface area contributed by atoms with Crippen LogP contribution in [0.1, 0.15) is 13.8 Å². The number of carbonyl (C=O) groups excluding carboxylic acids is 1. The van der Waals surface area contributed by atoms with Gasteiger partial charge >= 0.3 is 0 Å². The molecule has 0 spiro atoms. The first-order valence-corrected chi connectivity index (χ1v) is 4.58. The first-order chi connectivity index (χ1) is 7.19. The summed E-state index contributed by atoms with van der Waals surface area (Å²) in [6, 6.07) is 1.98. The van der Waals surface area contributed by atoms with Crippen LogP contribution in [0.15, 0.2) is 34.9 Å². The van der Waals surface area contributed by atoms with Gasteiger partial charge in [0.05, 0.1) is 12.7 Å². The van der Waals surface area contributed by atoms with E-state index in [1.807, 2.05) is 19.1 Å². The standard InChI is InChI=1S/C12H15NO2/c1-4-11(9-15-3)12(8-14)6-5-10(2)7-13/h4-6,8H,9H2,1-3H3/b10-5+,11-4-,12-6-. The number of hydrogen-bond donors (Lipinski definition) is 0. The second kappa shape index (κ2) is 7.72. The second-order valence-electron chi connectivity index (χ2n) is 2.95. The molecule has 0 saturated carbocycles. The summed E-state index contributed by atoms with van der Waals surface area (Å²) < 4.78 is 4.96. The monoisotopic (exact) mass is 205 g/mol. The van der Waals surface area contributed by atoms with Crippen LogP contribution in [0.25, 0.3) is 0 Å². The Labute approximate surface area is 90.4 Å². The van der Waals surface area contributed by atoms with Gasteiger partial charge < -0.3 is 4.74 Å². The van der Waals surface area contributed by atoms with Gasteiger partial charge in [0.2, 0.25) is 0 Å². The van der Waals surface area contributed by atoms with E-state index in [2.05, 4.69) is 0 Å². The molecule has 0 aromatic heterocycles. The Morgan fingerprint density at radius 3 is 2.53 bits per heavy atom. The van der Waals surface area contributed by atoms with Crippen molar-refractivity contribution in [3.8, 4) is 6.07 Å². The molecule has 0 rings (SSSR count). The molecule has 0 N–H and O–H groups in total. The number of nitrogens with zero attached hydrogens (tertiary/aromatic N) is 1. The van der Waals surface area contributed by atoms with E-state index >= 15 is 0 Å². The lowest BCUT2D eigenvalue weighted by Gasteiger charge is -2.03. The zero-order valence-corrected chi connectivity index (χ0v) is 9.28. The summed E-state index contributed by atoms with van der Waals surface area (Å²) in [6.07, 6.45) is 5.82. The topological polar surface area (TPSA) is 50.1 Å². The van der Waals surface area contributed by atoms with Crippen molar-refractivity contribution in [2.24, 2.45) is 0 Å². The summed E-state index contributed by atoms with van der Waals surface area (Å²) in [4.78, 5) is 10.8. The van der Waals surface area contributed by atoms with Crippen LogP contribution in [0, 0.1) is 11.3 Å². The van der Waals surface area contributed by atoms with Crippen molar-refractivity contribution in [2.75, 3.05) is 13.7 Å². The van der Waals surface area contributed by atoms with E-state index < -0.39 is 0 Å². The second-order valence-corrected chi connectivity index (χ2v) is 2.95. The maximum atomic E-state index is 10.8. The van der Waals surface area contributed by atoms with Crippen molar-refractivity contribution < 1.29 is 9.53 Å². The van der Waals surface area contributed by atoms with Crippen molar-refractivity contribution in [1.82, 2.24) is 0 Å². The average molecular weight is 205 g/mol. The van der Waals surface area contributed by atoms with Crippen LogP contribution in [0.5, 0.6) is 0 Å². The Morgan fingerprint density at radius 2 is 2.13 bits per heavy atom. The normalized spacial score (nSPS) is 13.6. The molecule has 0 fully saturated rings. The molecule has 0 atom stereocenters. The number of methoxy groups -OCH3 is 1. The van der Waals surface area contributed by atoms with E-state index in [-0.39, 0.29) is 0 Å². The largest absolute Gasteiger partial charge is 0.380 e. The molecule has 0 aliphatic rings. The van der Waals surface area contributed by atoms with E-state index in [1.165, 1.54) is 0 Å². The Bertz CT molecular complexity index is 343. The molecule has 15 heavy (non-hydrogen) atoms. The lowest BCUT2D eigenvalue weighted by molar-refractivity contribution is -0.104. The van der Waals surface area contributed by atoms with Gasteiger partial charge in [-0.25, -0.2) is 0 Å². The molecule has 0 aromatic rings. The lowest BCUT2D eigenvalue weighted by Crippen LogP contribution is -1.99. The van der Waals surface area contributed by atoms with Gasteiger partial charge in [-0.3, -0.25) is 4.79 Å². The molecule has 0 aromatic carbocycles. The minimum atomic E-state index is 0.389. The molecular weight excluding hydrogens is 190 g/mol. The zero-order valence-electron chi connectivity index (χ0n) is 9.28. The maximum Gasteiger partial charge on any atom is 0.150 e. The SMILES string of the molecule is C\C=C(COC)/C(C=O)=C\C=C(/C)C#N. The fraction of sp³-hybridized carbons (Fsp3) is 0.333. The molecule has 0 aliphatic carbocycles. The molecule has 0 radical (unpaired) electrons. The predicted molar refractivity (Wildman–Crippen MR) is 59.2 cm³/mol. The van der Waals surface area contributed by atoms with E-state index in [0.29, 0.717) is 17.8 Å². The average Bonchev–Trinajstić information content (AvgIpc) is 2.27. The Kier molecular flexibility index (Phi) is 6.86. The zero-order chi connectivity index (χ0) is 11.7. The van der Waals surface area contributed by atoms with Crippen LogP contribution in [-0.4, -0.2) is 20.0 Å². The number of aldehydes is 1. The van der Waals surface area contributed by atoms with E-state index in [0.717, 1.165) is 11.9 Å². The summed E-state index contributed by atoms with van der Waals surface area (Å²) in [5.41, 5.74) is 1.91. The van der Waals surface area contributed by atoms with Gasteiger partial charge in [-0.2, -0.15) is 5.26 Å². The summed E-state index contributed by atoms with van der Waals surface area (Å²) >= 11 is 0. The first kappa shape index (κ1) is 13.3. The van der Waals surface area contributed by atoms with Gasteiger partial charge in [0.25, 0.3) is 0 Å². The van der Waals surface area contributed by atoms with Crippen molar-refractivity contribution in [2.45, 2.75) is 13.8 Å². The predicted octanol–water partition coefficient (Wildman–Crippen LogP) is 2.17. The molecule has 3 nitrogen and oxygen atoms in total. The molecule has 80 valence electrons. The molecule has 0 aliphatic heterocycles. The molecule has 3 heteroatoms. The van der Waals surface area contributed by atoms with Crippen LogP contribution in [-0.2, 0) is 9.53 Å². The number of carbonyl (C=O) groups is 1. The smallest absolute Gasteiger partial charge is 0.150 e. The van der Waals surface area contributed by atoms with Gasteiger partial charge in [-0.15, -0.1) is 0 Å². The van der Waals surface area contributed by atoms with Crippen LogP contribution in [0.2, 0.25) is 0 Å². The maximum absolute atomic E-state index is 10.8. The Balaban J connectivity index is 4.91. The fourth-order valence-electron chi connectivity index (χ4n) is 0.963. The number of nitriles is 1. The van der Waals surface area contributed by atoms with Crippen LogP contribution < -0.4 is 0 Å². The highest BCUT2D eigenvalue weighted by Gasteiger charge is 2.01. The van der Waals surface area contributed by atoms with Gasteiger partial charge in [0.1, 0.15) is 6.29 Å². The Morgan fingerprint density at radius 1 is 1.47 bits per heavy atom. The van der Waals surface area contributed by atoms with Gasteiger partial charge in [0, 0.05) is 18.3 Å². The highest BCUT2D eigenvalue weighted by molar-refractivity contribution is 5.80. The number of allylic oxidation sites excluding steroid dienone is 4. The van der Waals surface area contributed by atoms with E-state index in [4.69, 9.17) is 10.00 Å². The molecule has 0 bridgehead atoms.